The molecule has 0 atom stereocenters. The maximum Gasteiger partial charge on any atom is 0.299 e. The van der Waals surface area contributed by atoms with E-state index in [4.69, 9.17) is 4.74 Å². The minimum Gasteiger partial charge on any atom is -0.379 e. The first-order valence-electron chi connectivity index (χ1n) is 6.48. The monoisotopic (exact) mass is 279 g/mol. The topological polar surface area (TPSA) is 46.6 Å². The molecule has 1 aromatic rings. The van der Waals surface area contributed by atoms with Gasteiger partial charge in [-0.15, -0.1) is 0 Å². The van der Waals surface area contributed by atoms with Gasteiger partial charge in [-0.2, -0.15) is 0 Å². The Morgan fingerprint density at radius 2 is 1.95 bits per heavy atom. The molecule has 0 saturated carbocycles. The van der Waals surface area contributed by atoms with Gasteiger partial charge in [-0.05, 0) is 44.9 Å². The van der Waals surface area contributed by atoms with Gasteiger partial charge in [-0.3, -0.25) is 9.59 Å². The Morgan fingerprint density at radius 1 is 1.30 bits per heavy atom. The average Bonchev–Trinajstić information content (AvgIpc) is 2.61. The number of hydrogen-bond donors (Lipinski definition) is 0. The van der Waals surface area contributed by atoms with Crippen molar-refractivity contribution >= 4 is 17.4 Å². The highest BCUT2D eigenvalue weighted by molar-refractivity contribution is 6.52. The predicted molar refractivity (Wildman–Crippen MR) is 73.5 cm³/mol. The van der Waals surface area contributed by atoms with Crippen LogP contribution in [0.5, 0.6) is 0 Å². The Bertz CT molecular complexity index is 581. The molecule has 1 aliphatic rings. The quantitative estimate of drug-likeness (QED) is 0.795. The van der Waals surface area contributed by atoms with Crippen LogP contribution in [-0.4, -0.2) is 30.9 Å². The second-order valence-corrected chi connectivity index (χ2v) is 5.64. The summed E-state index contributed by atoms with van der Waals surface area (Å²) in [5.74, 6) is -1.84. The minimum atomic E-state index is -0.670. The summed E-state index contributed by atoms with van der Waals surface area (Å²) in [6.45, 7) is 5.69. The molecule has 1 heterocycles. The second-order valence-electron chi connectivity index (χ2n) is 5.64. The molecule has 0 saturated heterocycles. The molecule has 108 valence electrons. The normalized spacial score (nSPS) is 14.9. The summed E-state index contributed by atoms with van der Waals surface area (Å²) in [5.41, 5.74) is 0.439. The van der Waals surface area contributed by atoms with Gasteiger partial charge in [0.1, 0.15) is 5.82 Å². The molecule has 0 bridgehead atoms. The van der Waals surface area contributed by atoms with Crippen LogP contribution in [0.4, 0.5) is 10.1 Å². The van der Waals surface area contributed by atoms with Gasteiger partial charge in [-0.25, -0.2) is 4.39 Å². The SMILES string of the molecule is COC(C)(C)CCN1C(=O)C(=O)c2cc(C)cc(F)c21. The number of carbonyl (C=O) groups excluding carboxylic acids is 2. The average molecular weight is 279 g/mol. The molecule has 0 fully saturated rings. The van der Waals surface area contributed by atoms with Gasteiger partial charge in [0.15, 0.2) is 0 Å². The highest BCUT2D eigenvalue weighted by Crippen LogP contribution is 2.33. The number of anilines is 1. The number of fused-ring (bicyclic) bond motifs is 1. The van der Waals surface area contributed by atoms with Crippen LogP contribution < -0.4 is 4.90 Å². The number of Topliss-reactive ketones (excluding diaryl/α,β-unsaturated/α-hetero) is 1. The van der Waals surface area contributed by atoms with Crippen LogP contribution in [0, 0.1) is 12.7 Å². The maximum atomic E-state index is 14.1. The van der Waals surface area contributed by atoms with Crippen LogP contribution in [0.15, 0.2) is 12.1 Å². The summed E-state index contributed by atoms with van der Waals surface area (Å²) >= 11 is 0. The van der Waals surface area contributed by atoms with E-state index in [0.29, 0.717) is 12.0 Å². The lowest BCUT2D eigenvalue weighted by molar-refractivity contribution is -0.114. The van der Waals surface area contributed by atoms with E-state index in [-0.39, 0.29) is 17.8 Å². The van der Waals surface area contributed by atoms with Crippen LogP contribution in [0.3, 0.4) is 0 Å². The zero-order valence-corrected chi connectivity index (χ0v) is 12.1. The third-order valence-corrected chi connectivity index (χ3v) is 3.65. The Labute approximate surface area is 117 Å². The van der Waals surface area contributed by atoms with Gasteiger partial charge >= 0.3 is 0 Å². The summed E-state index contributed by atoms with van der Waals surface area (Å²) in [6, 6.07) is 2.89. The third-order valence-electron chi connectivity index (χ3n) is 3.65. The fourth-order valence-electron chi connectivity index (χ4n) is 2.22. The zero-order chi connectivity index (χ0) is 15.1. The predicted octanol–water partition coefficient (Wildman–Crippen LogP) is 2.48. The van der Waals surface area contributed by atoms with E-state index in [9.17, 15) is 14.0 Å². The van der Waals surface area contributed by atoms with Crippen molar-refractivity contribution in [3.63, 3.8) is 0 Å². The second kappa shape index (κ2) is 4.98. The summed E-state index contributed by atoms with van der Waals surface area (Å²) in [4.78, 5) is 25.1. The molecule has 20 heavy (non-hydrogen) atoms. The number of amides is 1. The Morgan fingerprint density at radius 3 is 2.55 bits per heavy atom. The molecule has 0 N–H and O–H groups in total. The number of rotatable bonds is 4. The molecule has 1 aromatic carbocycles. The van der Waals surface area contributed by atoms with Crippen molar-refractivity contribution in [3.05, 3.63) is 29.1 Å². The van der Waals surface area contributed by atoms with Gasteiger partial charge in [0.05, 0.1) is 16.9 Å². The van der Waals surface area contributed by atoms with E-state index >= 15 is 0 Å². The van der Waals surface area contributed by atoms with Crippen molar-refractivity contribution < 1.29 is 18.7 Å². The fraction of sp³-hybridized carbons (Fsp3) is 0.467. The van der Waals surface area contributed by atoms with Crippen LogP contribution >= 0.6 is 0 Å². The first-order chi connectivity index (χ1) is 9.26. The lowest BCUT2D eigenvalue weighted by atomic mass is 10.0. The largest absolute Gasteiger partial charge is 0.379 e. The molecule has 0 radical (unpaired) electrons. The summed E-state index contributed by atoms with van der Waals surface area (Å²) in [7, 11) is 1.58. The molecule has 0 spiro atoms. The van der Waals surface area contributed by atoms with Gasteiger partial charge in [0, 0.05) is 13.7 Å². The molecular weight excluding hydrogens is 261 g/mol. The van der Waals surface area contributed by atoms with Crippen molar-refractivity contribution in [1.82, 2.24) is 0 Å². The number of halogens is 1. The number of ketones is 1. The van der Waals surface area contributed by atoms with Crippen LogP contribution in [0.2, 0.25) is 0 Å². The molecular formula is C15H18FNO3. The van der Waals surface area contributed by atoms with E-state index in [2.05, 4.69) is 0 Å². The number of nitrogens with zero attached hydrogens (tertiary/aromatic N) is 1. The van der Waals surface area contributed by atoms with Gasteiger partial charge in [0.25, 0.3) is 11.7 Å². The van der Waals surface area contributed by atoms with Crippen molar-refractivity contribution in [2.75, 3.05) is 18.6 Å². The molecule has 0 unspecified atom stereocenters. The summed E-state index contributed by atoms with van der Waals surface area (Å²) < 4.78 is 19.4. The molecule has 4 nitrogen and oxygen atoms in total. The fourth-order valence-corrected chi connectivity index (χ4v) is 2.22. The maximum absolute atomic E-state index is 14.1. The van der Waals surface area contributed by atoms with Gasteiger partial charge in [0.2, 0.25) is 0 Å². The molecule has 0 aliphatic carbocycles. The number of hydrogen-bond acceptors (Lipinski definition) is 3. The number of methoxy groups -OCH3 is 1. The van der Waals surface area contributed by atoms with Crippen molar-refractivity contribution in [1.29, 1.82) is 0 Å². The van der Waals surface area contributed by atoms with E-state index < -0.39 is 23.1 Å². The van der Waals surface area contributed by atoms with Crippen molar-refractivity contribution in [2.24, 2.45) is 0 Å². The molecule has 1 aliphatic heterocycles. The Hall–Kier alpha value is -1.75. The van der Waals surface area contributed by atoms with E-state index in [1.165, 1.54) is 11.0 Å². The van der Waals surface area contributed by atoms with Crippen LogP contribution in [0.25, 0.3) is 0 Å². The van der Waals surface area contributed by atoms with E-state index in [1.807, 2.05) is 13.8 Å². The molecule has 1 amide bonds. The summed E-state index contributed by atoms with van der Waals surface area (Å²) in [5, 5.41) is 0. The number of aryl methyl sites for hydroxylation is 1. The Balaban J connectivity index is 2.34. The third kappa shape index (κ3) is 2.45. The standard InChI is InChI=1S/C15H18FNO3/c1-9-7-10-12(11(16)8-9)17(14(19)13(10)18)6-5-15(2,3)20-4/h7-8H,5-6H2,1-4H3. The minimum absolute atomic E-state index is 0.0949. The first-order valence-corrected chi connectivity index (χ1v) is 6.48. The van der Waals surface area contributed by atoms with Crippen LogP contribution in [0.1, 0.15) is 36.2 Å². The van der Waals surface area contributed by atoms with Gasteiger partial charge in [-0.1, -0.05) is 0 Å². The smallest absolute Gasteiger partial charge is 0.299 e. The molecule has 0 aromatic heterocycles. The Kier molecular flexibility index (Phi) is 3.65. The lowest BCUT2D eigenvalue weighted by Gasteiger charge is -2.26. The molecule has 2 rings (SSSR count). The number of carbonyl (C=O) groups is 2. The van der Waals surface area contributed by atoms with Gasteiger partial charge < -0.3 is 9.64 Å². The highest BCUT2D eigenvalue weighted by Gasteiger charge is 2.38. The van der Waals surface area contributed by atoms with E-state index in [1.54, 1.807) is 20.1 Å². The highest BCUT2D eigenvalue weighted by atomic mass is 19.1. The van der Waals surface area contributed by atoms with Crippen molar-refractivity contribution in [3.8, 4) is 0 Å². The number of ether oxygens (including phenoxy) is 1. The van der Waals surface area contributed by atoms with E-state index in [0.717, 1.165) is 0 Å². The lowest BCUT2D eigenvalue weighted by Crippen LogP contribution is -2.36. The first kappa shape index (κ1) is 14.7. The number of benzene rings is 1. The van der Waals surface area contributed by atoms with Crippen LogP contribution in [-0.2, 0) is 9.53 Å². The molecule has 5 heteroatoms. The zero-order valence-electron chi connectivity index (χ0n) is 12.1. The van der Waals surface area contributed by atoms with Crippen molar-refractivity contribution in [2.45, 2.75) is 32.8 Å². The summed E-state index contributed by atoms with van der Waals surface area (Å²) in [6.07, 6.45) is 0.509.